The lowest BCUT2D eigenvalue weighted by atomic mass is 9.72. The van der Waals surface area contributed by atoms with Gasteiger partial charge in [0.15, 0.2) is 5.78 Å². The second-order valence-electron chi connectivity index (χ2n) is 6.86. The zero-order valence-electron chi connectivity index (χ0n) is 11.8. The van der Waals surface area contributed by atoms with Crippen LogP contribution in [0.2, 0.25) is 19.6 Å². The van der Waals surface area contributed by atoms with Crippen LogP contribution < -0.4 is 0 Å². The van der Waals surface area contributed by atoms with E-state index in [1.807, 2.05) is 0 Å². The molecule has 0 aliphatic heterocycles. The van der Waals surface area contributed by atoms with Gasteiger partial charge in [-0.3, -0.25) is 4.79 Å². The number of hydrogen-bond acceptors (Lipinski definition) is 2. The summed E-state index contributed by atoms with van der Waals surface area (Å²) in [5.74, 6) is 0.495. The Morgan fingerprint density at radius 1 is 1.28 bits per heavy atom. The summed E-state index contributed by atoms with van der Waals surface area (Å²) in [4.78, 5) is 12.5. The van der Waals surface area contributed by atoms with Crippen molar-refractivity contribution in [1.82, 2.24) is 0 Å². The third-order valence-electron chi connectivity index (χ3n) is 4.31. The zero-order valence-corrected chi connectivity index (χ0v) is 12.8. The van der Waals surface area contributed by atoms with Crippen LogP contribution in [0.4, 0.5) is 0 Å². The number of nitriles is 1. The normalized spacial score (nSPS) is 35.1. The van der Waals surface area contributed by atoms with Crippen LogP contribution in [0.5, 0.6) is 0 Å². The van der Waals surface area contributed by atoms with Gasteiger partial charge in [-0.15, -0.1) is 0 Å². The maximum absolute atomic E-state index is 12.5. The standard InChI is InChI=1S/C15H23NOSi/c1-18(2,3)10-13-9-8-12-6-4-5-7-14(17)15(12,13)11-16/h10,12H,4-9H2,1-3H3/b13-10+/t12-,15-/m1/s1. The number of rotatable bonds is 1. The molecule has 0 unspecified atom stereocenters. The van der Waals surface area contributed by atoms with E-state index in [-0.39, 0.29) is 5.78 Å². The smallest absolute Gasteiger partial charge is 0.157 e. The second kappa shape index (κ2) is 4.66. The molecule has 2 aliphatic rings. The average Bonchev–Trinajstić information content (AvgIpc) is 2.51. The molecule has 0 aromatic heterocycles. The first kappa shape index (κ1) is 13.5. The minimum Gasteiger partial charge on any atom is -0.298 e. The van der Waals surface area contributed by atoms with Crippen LogP contribution in [-0.4, -0.2) is 13.9 Å². The van der Waals surface area contributed by atoms with Crippen molar-refractivity contribution in [2.24, 2.45) is 11.3 Å². The van der Waals surface area contributed by atoms with Crippen LogP contribution in [0.1, 0.15) is 38.5 Å². The van der Waals surface area contributed by atoms with Crippen molar-refractivity contribution < 1.29 is 4.79 Å². The molecule has 0 radical (unpaired) electrons. The Morgan fingerprint density at radius 3 is 2.61 bits per heavy atom. The van der Waals surface area contributed by atoms with Gasteiger partial charge in [-0.2, -0.15) is 5.26 Å². The average molecular weight is 261 g/mol. The van der Waals surface area contributed by atoms with E-state index in [4.69, 9.17) is 0 Å². The molecule has 18 heavy (non-hydrogen) atoms. The number of allylic oxidation sites excluding steroid dienone is 1. The zero-order chi connectivity index (χ0) is 13.4. The van der Waals surface area contributed by atoms with Gasteiger partial charge in [0.1, 0.15) is 5.41 Å². The summed E-state index contributed by atoms with van der Waals surface area (Å²) >= 11 is 0. The van der Waals surface area contributed by atoms with Gasteiger partial charge in [-0.1, -0.05) is 37.3 Å². The lowest BCUT2D eigenvalue weighted by molar-refractivity contribution is -0.125. The third kappa shape index (κ3) is 2.19. The van der Waals surface area contributed by atoms with Gasteiger partial charge >= 0.3 is 0 Å². The molecular formula is C15H23NOSi. The van der Waals surface area contributed by atoms with E-state index < -0.39 is 13.5 Å². The van der Waals surface area contributed by atoms with Crippen LogP contribution >= 0.6 is 0 Å². The number of carbonyl (C=O) groups excluding carboxylic acids is 1. The molecule has 2 fully saturated rings. The fourth-order valence-electron chi connectivity index (χ4n) is 3.58. The molecule has 0 bridgehead atoms. The van der Waals surface area contributed by atoms with Gasteiger partial charge in [0.05, 0.1) is 14.1 Å². The van der Waals surface area contributed by atoms with Crippen LogP contribution in [0.3, 0.4) is 0 Å². The number of carbonyl (C=O) groups is 1. The Hall–Kier alpha value is -0.883. The van der Waals surface area contributed by atoms with E-state index in [1.165, 1.54) is 5.57 Å². The van der Waals surface area contributed by atoms with E-state index in [0.29, 0.717) is 12.3 Å². The highest BCUT2D eigenvalue weighted by Gasteiger charge is 2.52. The largest absolute Gasteiger partial charge is 0.298 e. The summed E-state index contributed by atoms with van der Waals surface area (Å²) in [6.07, 6.45) is 5.75. The maximum atomic E-state index is 12.5. The first-order chi connectivity index (χ1) is 8.40. The SMILES string of the molecule is C[Si](C)(C)/C=C1\CC[C@H]2CCCCC(=O)[C@@]12C#N. The molecule has 0 N–H and O–H groups in total. The second-order valence-corrected chi connectivity index (χ2v) is 11.9. The summed E-state index contributed by atoms with van der Waals surface area (Å²) in [5, 5.41) is 9.72. The lowest BCUT2D eigenvalue weighted by Gasteiger charge is -2.28. The first-order valence-electron chi connectivity index (χ1n) is 7.07. The first-order valence-corrected chi connectivity index (χ1v) is 10.6. The Labute approximate surface area is 111 Å². The predicted molar refractivity (Wildman–Crippen MR) is 75.7 cm³/mol. The quantitative estimate of drug-likeness (QED) is 0.673. The van der Waals surface area contributed by atoms with Crippen molar-refractivity contribution in [2.75, 3.05) is 0 Å². The van der Waals surface area contributed by atoms with Gasteiger partial charge in [0.2, 0.25) is 0 Å². The molecule has 0 aromatic rings. The Morgan fingerprint density at radius 2 is 2.00 bits per heavy atom. The highest BCUT2D eigenvalue weighted by Crippen LogP contribution is 2.52. The van der Waals surface area contributed by atoms with Gasteiger partial charge in [-0.05, 0) is 31.6 Å². The van der Waals surface area contributed by atoms with Gasteiger partial charge in [0.25, 0.3) is 0 Å². The summed E-state index contributed by atoms with van der Waals surface area (Å²) in [7, 11) is -1.37. The molecule has 2 aliphatic carbocycles. The van der Waals surface area contributed by atoms with Crippen molar-refractivity contribution in [3.8, 4) is 6.07 Å². The number of ketones is 1. The monoisotopic (exact) mass is 261 g/mol. The van der Waals surface area contributed by atoms with Crippen LogP contribution in [-0.2, 0) is 4.79 Å². The van der Waals surface area contributed by atoms with E-state index in [1.54, 1.807) is 0 Å². The number of Topliss-reactive ketones (excluding diaryl/α,β-unsaturated/α-hetero) is 1. The summed E-state index contributed by atoms with van der Waals surface area (Å²) < 4.78 is 0. The number of nitrogens with zero attached hydrogens (tertiary/aromatic N) is 1. The van der Waals surface area contributed by atoms with E-state index in [0.717, 1.165) is 32.1 Å². The van der Waals surface area contributed by atoms with E-state index in [9.17, 15) is 10.1 Å². The molecule has 2 atom stereocenters. The third-order valence-corrected chi connectivity index (χ3v) is 5.53. The summed E-state index contributed by atoms with van der Waals surface area (Å²) in [5.41, 5.74) is 2.75. The molecule has 2 nitrogen and oxygen atoms in total. The van der Waals surface area contributed by atoms with Gasteiger partial charge in [-0.25, -0.2) is 0 Å². The highest BCUT2D eigenvalue weighted by molar-refractivity contribution is 6.81. The Bertz CT molecular complexity index is 427. The van der Waals surface area contributed by atoms with Crippen molar-refractivity contribution >= 4 is 13.9 Å². The van der Waals surface area contributed by atoms with Crippen LogP contribution in [0.15, 0.2) is 11.3 Å². The molecular weight excluding hydrogens is 238 g/mol. The molecule has 0 spiro atoms. The van der Waals surface area contributed by atoms with Gasteiger partial charge < -0.3 is 0 Å². The van der Waals surface area contributed by atoms with E-state index in [2.05, 4.69) is 31.4 Å². The Kier molecular flexibility index (Phi) is 3.51. The summed E-state index contributed by atoms with van der Waals surface area (Å²) in [6.45, 7) is 6.83. The molecule has 0 aromatic carbocycles. The minimum absolute atomic E-state index is 0.203. The fourth-order valence-corrected chi connectivity index (χ4v) is 5.00. The maximum Gasteiger partial charge on any atom is 0.157 e. The number of fused-ring (bicyclic) bond motifs is 1. The Balaban J connectivity index is 2.48. The molecule has 0 heterocycles. The van der Waals surface area contributed by atoms with Crippen molar-refractivity contribution in [3.63, 3.8) is 0 Å². The van der Waals surface area contributed by atoms with Crippen molar-refractivity contribution in [1.29, 1.82) is 5.26 Å². The van der Waals surface area contributed by atoms with Crippen molar-refractivity contribution in [2.45, 2.75) is 58.2 Å². The molecule has 98 valence electrons. The predicted octanol–water partition coefficient (Wildman–Crippen LogP) is 3.85. The lowest BCUT2D eigenvalue weighted by Crippen LogP contribution is -2.35. The topological polar surface area (TPSA) is 40.9 Å². The molecule has 0 saturated heterocycles. The highest BCUT2D eigenvalue weighted by atomic mass is 28.3. The molecule has 2 saturated carbocycles. The van der Waals surface area contributed by atoms with E-state index >= 15 is 0 Å². The fraction of sp³-hybridized carbons (Fsp3) is 0.733. The van der Waals surface area contributed by atoms with Crippen molar-refractivity contribution in [3.05, 3.63) is 11.3 Å². The minimum atomic E-state index is -1.37. The van der Waals surface area contributed by atoms with Gasteiger partial charge in [0, 0.05) is 6.42 Å². The van der Waals surface area contributed by atoms with Crippen LogP contribution in [0, 0.1) is 22.7 Å². The number of hydrogen-bond donors (Lipinski definition) is 0. The molecule has 0 amide bonds. The summed E-state index contributed by atoms with van der Waals surface area (Å²) in [6, 6.07) is 2.45. The van der Waals surface area contributed by atoms with Crippen LogP contribution in [0.25, 0.3) is 0 Å². The molecule has 3 heteroatoms. The molecule has 2 rings (SSSR count).